The lowest BCUT2D eigenvalue weighted by atomic mass is 9.96. The predicted octanol–water partition coefficient (Wildman–Crippen LogP) is 5.24. The van der Waals surface area contributed by atoms with E-state index in [1.165, 1.54) is 77.0 Å². The second kappa shape index (κ2) is 15.9. The van der Waals surface area contributed by atoms with Gasteiger partial charge in [0, 0.05) is 5.97 Å². The summed E-state index contributed by atoms with van der Waals surface area (Å²) in [5.41, 5.74) is 0. The van der Waals surface area contributed by atoms with Crippen molar-refractivity contribution in [3.8, 4) is 0 Å². The van der Waals surface area contributed by atoms with Gasteiger partial charge in [-0.3, -0.25) is 0 Å². The lowest BCUT2D eigenvalue weighted by Crippen LogP contribution is -2.21. The lowest BCUT2D eigenvalue weighted by molar-refractivity contribution is -0.305. The molecule has 0 N–H and O–H groups in total. The van der Waals surface area contributed by atoms with Crippen LogP contribution in [-0.2, 0) is 4.79 Å². The van der Waals surface area contributed by atoms with Crippen molar-refractivity contribution in [2.24, 2.45) is 5.92 Å². The van der Waals surface area contributed by atoms with Crippen LogP contribution < -0.4 is 5.11 Å². The van der Waals surface area contributed by atoms with E-state index in [1.807, 2.05) is 0 Å². The van der Waals surface area contributed by atoms with Crippen molar-refractivity contribution >= 4 is 5.97 Å². The zero-order valence-corrected chi connectivity index (χ0v) is 14.5. The highest BCUT2D eigenvalue weighted by Crippen LogP contribution is 2.18. The normalized spacial score (nSPS) is 12.5. The van der Waals surface area contributed by atoms with Crippen LogP contribution in [0.15, 0.2) is 0 Å². The molecule has 0 aromatic carbocycles. The molecule has 1 atom stereocenters. The predicted molar refractivity (Wildman–Crippen MR) is 89.1 cm³/mol. The first-order valence-corrected chi connectivity index (χ1v) is 9.36. The van der Waals surface area contributed by atoms with E-state index in [1.54, 1.807) is 0 Å². The third kappa shape index (κ3) is 17.4. The number of carbonyl (C=O) groups is 1. The van der Waals surface area contributed by atoms with Crippen molar-refractivity contribution in [2.45, 2.75) is 110 Å². The molecule has 1 unspecified atom stereocenters. The largest absolute Gasteiger partial charge is 0.550 e. The third-order valence-corrected chi connectivity index (χ3v) is 4.38. The highest BCUT2D eigenvalue weighted by atomic mass is 16.4. The van der Waals surface area contributed by atoms with Crippen molar-refractivity contribution in [1.82, 2.24) is 0 Å². The fraction of sp³-hybridized carbons (Fsp3) is 0.947. The molecule has 0 aromatic rings. The molecule has 126 valence electrons. The molecular weight excluding hydrogens is 260 g/mol. The van der Waals surface area contributed by atoms with E-state index in [-0.39, 0.29) is 6.42 Å². The van der Waals surface area contributed by atoms with Gasteiger partial charge in [-0.15, -0.1) is 0 Å². The van der Waals surface area contributed by atoms with Crippen molar-refractivity contribution in [3.63, 3.8) is 0 Å². The minimum atomic E-state index is -0.904. The Morgan fingerprint density at radius 1 is 0.762 bits per heavy atom. The highest BCUT2D eigenvalue weighted by molar-refractivity contribution is 5.63. The first-order valence-electron chi connectivity index (χ1n) is 9.36. The first kappa shape index (κ1) is 20.5. The maximum absolute atomic E-state index is 10.3. The molecule has 0 aliphatic carbocycles. The summed E-state index contributed by atoms with van der Waals surface area (Å²) in [5, 5.41) is 10.3. The van der Waals surface area contributed by atoms with Gasteiger partial charge in [-0.25, -0.2) is 0 Å². The third-order valence-electron chi connectivity index (χ3n) is 4.38. The van der Waals surface area contributed by atoms with Gasteiger partial charge in [0.15, 0.2) is 0 Å². The molecule has 0 radical (unpaired) electrons. The molecule has 21 heavy (non-hydrogen) atoms. The average molecular weight is 298 g/mol. The molecule has 0 fully saturated rings. The number of carbonyl (C=O) groups excluding carboxylic acids is 1. The Morgan fingerprint density at radius 2 is 1.19 bits per heavy atom. The van der Waals surface area contributed by atoms with E-state index >= 15 is 0 Å². The second-order valence-corrected chi connectivity index (χ2v) is 6.69. The molecule has 0 saturated carbocycles. The van der Waals surface area contributed by atoms with Crippen LogP contribution in [0.5, 0.6) is 0 Å². The number of carboxylic acid groups (broad SMARTS) is 1. The Morgan fingerprint density at radius 3 is 1.67 bits per heavy atom. The Balaban J connectivity index is 3.15. The molecule has 2 nitrogen and oxygen atoms in total. The fourth-order valence-electron chi connectivity index (χ4n) is 2.89. The molecule has 0 amide bonds. The standard InChI is InChI=1S/C19H38O2/c1-3-4-5-6-9-12-15-18(2)16-13-10-7-8-11-14-17-19(20)21/h18H,3-17H2,1-2H3,(H,20,21)/p-1. The van der Waals surface area contributed by atoms with Gasteiger partial charge in [0.2, 0.25) is 0 Å². The molecule has 0 aliphatic heterocycles. The fourth-order valence-corrected chi connectivity index (χ4v) is 2.89. The van der Waals surface area contributed by atoms with Crippen LogP contribution in [0.4, 0.5) is 0 Å². The summed E-state index contributed by atoms with van der Waals surface area (Å²) in [6.07, 6.45) is 18.3. The van der Waals surface area contributed by atoms with Gasteiger partial charge in [-0.05, 0) is 18.8 Å². The molecule has 0 saturated heterocycles. The molecule has 0 heterocycles. The van der Waals surface area contributed by atoms with Crippen LogP contribution in [0.1, 0.15) is 110 Å². The Bertz CT molecular complexity index is 226. The highest BCUT2D eigenvalue weighted by Gasteiger charge is 2.02. The molecule has 0 aliphatic rings. The minimum absolute atomic E-state index is 0.231. The van der Waals surface area contributed by atoms with Gasteiger partial charge in [0.1, 0.15) is 0 Å². The van der Waals surface area contributed by atoms with Crippen molar-refractivity contribution in [1.29, 1.82) is 0 Å². The van der Waals surface area contributed by atoms with Crippen LogP contribution in [-0.4, -0.2) is 5.97 Å². The quantitative estimate of drug-likeness (QED) is 0.365. The van der Waals surface area contributed by atoms with Gasteiger partial charge in [-0.2, -0.15) is 0 Å². The van der Waals surface area contributed by atoms with E-state index in [4.69, 9.17) is 0 Å². The van der Waals surface area contributed by atoms with Gasteiger partial charge in [0.05, 0.1) is 0 Å². The Hall–Kier alpha value is -0.530. The van der Waals surface area contributed by atoms with Crippen LogP contribution in [0.2, 0.25) is 0 Å². The molecular formula is C19H37O2-. The van der Waals surface area contributed by atoms with Crippen LogP contribution in [0, 0.1) is 5.92 Å². The van der Waals surface area contributed by atoms with Gasteiger partial charge >= 0.3 is 0 Å². The molecule has 0 spiro atoms. The van der Waals surface area contributed by atoms with E-state index in [0.717, 1.165) is 18.8 Å². The summed E-state index contributed by atoms with van der Waals surface area (Å²) >= 11 is 0. The minimum Gasteiger partial charge on any atom is -0.550 e. The number of carboxylic acids is 1. The summed E-state index contributed by atoms with van der Waals surface area (Å²) in [7, 11) is 0. The van der Waals surface area contributed by atoms with Crippen molar-refractivity contribution in [3.05, 3.63) is 0 Å². The first-order chi connectivity index (χ1) is 10.2. The average Bonchev–Trinajstić information content (AvgIpc) is 2.45. The molecule has 2 heteroatoms. The number of hydrogen-bond donors (Lipinski definition) is 0. The number of rotatable bonds is 16. The Kier molecular flexibility index (Phi) is 15.5. The van der Waals surface area contributed by atoms with Crippen molar-refractivity contribution in [2.75, 3.05) is 0 Å². The summed E-state index contributed by atoms with van der Waals surface area (Å²) in [6.45, 7) is 4.66. The van der Waals surface area contributed by atoms with E-state index in [0.29, 0.717) is 0 Å². The SMILES string of the molecule is CCCCCCCCC(C)CCCCCCCCC(=O)[O-]. The summed E-state index contributed by atoms with van der Waals surface area (Å²) in [6, 6.07) is 0. The van der Waals surface area contributed by atoms with E-state index in [9.17, 15) is 9.90 Å². The summed E-state index contributed by atoms with van der Waals surface area (Å²) in [5.74, 6) is -0.0206. The van der Waals surface area contributed by atoms with Crippen LogP contribution in [0.25, 0.3) is 0 Å². The van der Waals surface area contributed by atoms with Gasteiger partial charge < -0.3 is 9.90 Å². The monoisotopic (exact) mass is 297 g/mol. The molecule has 0 aromatic heterocycles. The van der Waals surface area contributed by atoms with Crippen LogP contribution in [0.3, 0.4) is 0 Å². The van der Waals surface area contributed by atoms with Gasteiger partial charge in [-0.1, -0.05) is 97.3 Å². The zero-order chi connectivity index (χ0) is 15.8. The maximum Gasteiger partial charge on any atom is 0.0414 e. The smallest absolute Gasteiger partial charge is 0.0414 e. The number of aliphatic carboxylic acids is 1. The molecule has 0 rings (SSSR count). The summed E-state index contributed by atoms with van der Waals surface area (Å²) in [4.78, 5) is 10.3. The van der Waals surface area contributed by atoms with E-state index < -0.39 is 5.97 Å². The topological polar surface area (TPSA) is 40.1 Å². The van der Waals surface area contributed by atoms with Crippen LogP contribution >= 0.6 is 0 Å². The lowest BCUT2D eigenvalue weighted by Gasteiger charge is -2.11. The summed E-state index contributed by atoms with van der Waals surface area (Å²) < 4.78 is 0. The van der Waals surface area contributed by atoms with Gasteiger partial charge in [0.25, 0.3) is 0 Å². The molecule has 0 bridgehead atoms. The zero-order valence-electron chi connectivity index (χ0n) is 14.5. The van der Waals surface area contributed by atoms with E-state index in [2.05, 4.69) is 13.8 Å². The number of hydrogen-bond acceptors (Lipinski definition) is 2. The number of unbranched alkanes of at least 4 members (excludes halogenated alkanes) is 10. The second-order valence-electron chi connectivity index (χ2n) is 6.69. The van der Waals surface area contributed by atoms with Crippen molar-refractivity contribution < 1.29 is 9.90 Å². The maximum atomic E-state index is 10.3. The Labute approximate surface area is 132 Å².